The summed E-state index contributed by atoms with van der Waals surface area (Å²) < 4.78 is 14.0. The highest BCUT2D eigenvalue weighted by Gasteiger charge is 2.33. The Labute approximate surface area is 119 Å². The second-order valence-electron chi connectivity index (χ2n) is 5.81. The lowest BCUT2D eigenvalue weighted by Crippen LogP contribution is -2.38. The van der Waals surface area contributed by atoms with Crippen LogP contribution in [0.1, 0.15) is 25.0 Å². The zero-order valence-corrected chi connectivity index (χ0v) is 12.3. The van der Waals surface area contributed by atoms with E-state index in [0.29, 0.717) is 24.2 Å². The molecule has 5 heteroatoms. The molecule has 2 N–H and O–H groups in total. The van der Waals surface area contributed by atoms with Crippen molar-refractivity contribution in [2.45, 2.75) is 31.6 Å². The summed E-state index contributed by atoms with van der Waals surface area (Å²) in [6, 6.07) is 4.94. The van der Waals surface area contributed by atoms with E-state index in [1.165, 1.54) is 6.07 Å². The number of hydrogen-bond acceptors (Lipinski definition) is 4. The first kappa shape index (κ1) is 15.2. The minimum Gasteiger partial charge on any atom is -0.391 e. The van der Waals surface area contributed by atoms with Crippen LogP contribution in [0.25, 0.3) is 0 Å². The topological polar surface area (TPSA) is 46.9 Å². The van der Waals surface area contributed by atoms with Crippen molar-refractivity contribution in [3.8, 4) is 0 Å². The van der Waals surface area contributed by atoms with Gasteiger partial charge in [-0.15, -0.1) is 0 Å². The summed E-state index contributed by atoms with van der Waals surface area (Å²) in [5.74, 6) is -0.400. The molecule has 0 amide bonds. The second kappa shape index (κ2) is 6.08. The molecule has 1 aliphatic rings. The van der Waals surface area contributed by atoms with Crippen LogP contribution in [-0.4, -0.2) is 54.4 Å². The van der Waals surface area contributed by atoms with Gasteiger partial charge in [-0.25, -0.2) is 4.39 Å². The smallest absolute Gasteiger partial charge is 0.131 e. The molecule has 3 atom stereocenters. The maximum atomic E-state index is 14.0. The standard InChI is InChI=1S/C15H23FN2O2/c1-10(19)15-13(16)5-4-6-14(15)18-9-12(20)7-11(18)8-17(2)3/h4-6,10-12,19-20H,7-9H2,1-3H3. The van der Waals surface area contributed by atoms with Crippen LogP contribution >= 0.6 is 0 Å². The van der Waals surface area contributed by atoms with Crippen LogP contribution in [0.5, 0.6) is 0 Å². The number of aliphatic hydroxyl groups is 2. The van der Waals surface area contributed by atoms with E-state index in [-0.39, 0.29) is 6.04 Å². The summed E-state index contributed by atoms with van der Waals surface area (Å²) in [5.41, 5.74) is 0.994. The first-order chi connectivity index (χ1) is 9.40. The van der Waals surface area contributed by atoms with Crippen molar-refractivity contribution in [1.82, 2.24) is 4.90 Å². The third-order valence-corrected chi connectivity index (χ3v) is 3.73. The van der Waals surface area contributed by atoms with Crippen LogP contribution in [0, 0.1) is 5.82 Å². The van der Waals surface area contributed by atoms with E-state index in [2.05, 4.69) is 4.90 Å². The maximum Gasteiger partial charge on any atom is 0.131 e. The highest BCUT2D eigenvalue weighted by atomic mass is 19.1. The quantitative estimate of drug-likeness (QED) is 0.876. The van der Waals surface area contributed by atoms with Crippen LogP contribution in [-0.2, 0) is 0 Å². The van der Waals surface area contributed by atoms with Crippen LogP contribution < -0.4 is 4.90 Å². The van der Waals surface area contributed by atoms with Gasteiger partial charge < -0.3 is 20.0 Å². The largest absolute Gasteiger partial charge is 0.391 e. The summed E-state index contributed by atoms with van der Waals surface area (Å²) >= 11 is 0. The van der Waals surface area contributed by atoms with E-state index < -0.39 is 18.0 Å². The summed E-state index contributed by atoms with van der Waals surface area (Å²) in [4.78, 5) is 4.06. The first-order valence-corrected chi connectivity index (χ1v) is 6.96. The number of likely N-dealkylation sites (N-methyl/N-ethyl adjacent to an activating group) is 1. The SMILES string of the molecule is CC(O)c1c(F)cccc1N1CC(O)CC1CN(C)C. The molecule has 4 nitrogen and oxygen atoms in total. The number of hydrogen-bond donors (Lipinski definition) is 2. The van der Waals surface area contributed by atoms with Crippen molar-refractivity contribution in [3.63, 3.8) is 0 Å². The van der Waals surface area contributed by atoms with Crippen LogP contribution in [0.15, 0.2) is 18.2 Å². The Bertz CT molecular complexity index is 465. The highest BCUT2D eigenvalue weighted by molar-refractivity contribution is 5.57. The van der Waals surface area contributed by atoms with Gasteiger partial charge >= 0.3 is 0 Å². The Morgan fingerprint density at radius 2 is 2.15 bits per heavy atom. The number of rotatable bonds is 4. The number of aliphatic hydroxyl groups excluding tert-OH is 2. The molecule has 1 aromatic rings. The molecular formula is C15H23FN2O2. The van der Waals surface area contributed by atoms with Gasteiger partial charge in [-0.3, -0.25) is 0 Å². The van der Waals surface area contributed by atoms with Gasteiger partial charge in [0, 0.05) is 30.4 Å². The summed E-state index contributed by atoms with van der Waals surface area (Å²) in [5, 5.41) is 19.8. The fourth-order valence-electron chi connectivity index (χ4n) is 2.97. The van der Waals surface area contributed by atoms with Gasteiger partial charge in [0.25, 0.3) is 0 Å². The predicted octanol–water partition coefficient (Wildman–Crippen LogP) is 1.38. The van der Waals surface area contributed by atoms with Crippen LogP contribution in [0.4, 0.5) is 10.1 Å². The van der Waals surface area contributed by atoms with E-state index in [9.17, 15) is 14.6 Å². The highest BCUT2D eigenvalue weighted by Crippen LogP contribution is 2.33. The Balaban J connectivity index is 2.36. The van der Waals surface area contributed by atoms with Crippen molar-refractivity contribution in [2.75, 3.05) is 32.1 Å². The zero-order chi connectivity index (χ0) is 14.9. The van der Waals surface area contributed by atoms with Crippen molar-refractivity contribution < 1.29 is 14.6 Å². The van der Waals surface area contributed by atoms with E-state index in [1.807, 2.05) is 25.1 Å². The number of β-amino-alcohol motifs (C(OH)–C–C–N with tert-alkyl or cyclic N) is 1. The van der Waals surface area contributed by atoms with E-state index >= 15 is 0 Å². The van der Waals surface area contributed by atoms with Gasteiger partial charge in [0.1, 0.15) is 5.82 Å². The fraction of sp³-hybridized carbons (Fsp3) is 0.600. The van der Waals surface area contributed by atoms with Crippen molar-refractivity contribution in [3.05, 3.63) is 29.6 Å². The molecule has 3 unspecified atom stereocenters. The molecular weight excluding hydrogens is 259 g/mol. The molecule has 0 spiro atoms. The van der Waals surface area contributed by atoms with Gasteiger partial charge in [0.2, 0.25) is 0 Å². The lowest BCUT2D eigenvalue weighted by Gasteiger charge is -2.31. The third-order valence-electron chi connectivity index (χ3n) is 3.73. The Kier molecular flexibility index (Phi) is 4.62. The Hall–Kier alpha value is -1.17. The summed E-state index contributed by atoms with van der Waals surface area (Å²) in [6.07, 6.45) is -0.623. The van der Waals surface area contributed by atoms with E-state index in [4.69, 9.17) is 0 Å². The second-order valence-corrected chi connectivity index (χ2v) is 5.81. The van der Waals surface area contributed by atoms with Gasteiger partial charge in [-0.1, -0.05) is 6.07 Å². The van der Waals surface area contributed by atoms with E-state index in [1.54, 1.807) is 13.0 Å². The molecule has 0 saturated carbocycles. The number of anilines is 1. The van der Waals surface area contributed by atoms with Gasteiger partial charge in [0.15, 0.2) is 0 Å². The normalized spacial score (nSPS) is 24.4. The molecule has 0 bridgehead atoms. The van der Waals surface area contributed by atoms with Crippen LogP contribution in [0.3, 0.4) is 0 Å². The van der Waals surface area contributed by atoms with E-state index in [0.717, 1.165) is 6.54 Å². The third kappa shape index (κ3) is 3.11. The van der Waals surface area contributed by atoms with Crippen LogP contribution in [0.2, 0.25) is 0 Å². The average Bonchev–Trinajstić information content (AvgIpc) is 2.68. The molecule has 112 valence electrons. The molecule has 1 aliphatic heterocycles. The first-order valence-electron chi connectivity index (χ1n) is 6.96. The average molecular weight is 282 g/mol. The summed E-state index contributed by atoms with van der Waals surface area (Å²) in [7, 11) is 3.95. The van der Waals surface area contributed by atoms with Gasteiger partial charge in [-0.05, 0) is 39.6 Å². The zero-order valence-electron chi connectivity index (χ0n) is 12.3. The monoisotopic (exact) mass is 282 g/mol. The molecule has 1 saturated heterocycles. The molecule has 20 heavy (non-hydrogen) atoms. The minimum absolute atomic E-state index is 0.124. The van der Waals surface area contributed by atoms with Crippen molar-refractivity contribution in [2.24, 2.45) is 0 Å². The lowest BCUT2D eigenvalue weighted by molar-refractivity contribution is 0.190. The van der Waals surface area contributed by atoms with Crippen molar-refractivity contribution in [1.29, 1.82) is 0 Å². The molecule has 0 radical (unpaired) electrons. The van der Waals surface area contributed by atoms with Gasteiger partial charge in [-0.2, -0.15) is 0 Å². The van der Waals surface area contributed by atoms with Gasteiger partial charge in [0.05, 0.1) is 12.2 Å². The number of halogens is 1. The predicted molar refractivity (Wildman–Crippen MR) is 77.3 cm³/mol. The number of benzene rings is 1. The maximum absolute atomic E-state index is 14.0. The molecule has 1 heterocycles. The lowest BCUT2D eigenvalue weighted by atomic mass is 10.1. The molecule has 1 aromatic carbocycles. The Morgan fingerprint density at radius 1 is 1.45 bits per heavy atom. The molecule has 2 rings (SSSR count). The van der Waals surface area contributed by atoms with Crippen molar-refractivity contribution >= 4 is 5.69 Å². The Morgan fingerprint density at radius 3 is 2.75 bits per heavy atom. The molecule has 0 aliphatic carbocycles. The number of nitrogens with zero attached hydrogens (tertiary/aromatic N) is 2. The minimum atomic E-state index is -0.871. The fourth-order valence-corrected chi connectivity index (χ4v) is 2.97. The molecule has 1 fully saturated rings. The molecule has 0 aromatic heterocycles. The summed E-state index contributed by atoms with van der Waals surface area (Å²) in [6.45, 7) is 2.82.